The Bertz CT molecular complexity index is 607. The number of amides is 1. The lowest BCUT2D eigenvalue weighted by Crippen LogP contribution is -2.22. The van der Waals surface area contributed by atoms with E-state index in [1.165, 1.54) is 32.2 Å². The predicted octanol–water partition coefficient (Wildman–Crippen LogP) is 0.603. The number of carboxylic acids is 1. The average Bonchev–Trinajstić information content (AvgIpc) is 2.35. The van der Waals surface area contributed by atoms with Crippen molar-refractivity contribution in [2.24, 2.45) is 0 Å². The van der Waals surface area contributed by atoms with E-state index >= 15 is 0 Å². The third kappa shape index (κ3) is 3.54. The van der Waals surface area contributed by atoms with Gasteiger partial charge in [0, 0.05) is 13.5 Å². The molecule has 1 aromatic rings. The average molecular weight is 285 g/mol. The summed E-state index contributed by atoms with van der Waals surface area (Å²) in [7, 11) is -2.25. The van der Waals surface area contributed by atoms with Gasteiger partial charge in [-0.3, -0.25) is 4.79 Å². The molecule has 19 heavy (non-hydrogen) atoms. The van der Waals surface area contributed by atoms with Crippen LogP contribution >= 0.6 is 0 Å². The molecule has 7 heteroatoms. The van der Waals surface area contributed by atoms with Crippen molar-refractivity contribution in [1.29, 1.82) is 0 Å². The molecule has 1 aromatic carbocycles. The van der Waals surface area contributed by atoms with Crippen LogP contribution in [0.4, 0.5) is 0 Å². The first-order valence-electron chi connectivity index (χ1n) is 5.56. The summed E-state index contributed by atoms with van der Waals surface area (Å²) in [6, 6.07) is 4.07. The molecule has 2 N–H and O–H groups in total. The van der Waals surface area contributed by atoms with Crippen molar-refractivity contribution in [1.82, 2.24) is 5.32 Å². The van der Waals surface area contributed by atoms with E-state index < -0.39 is 15.8 Å². The first-order valence-corrected chi connectivity index (χ1v) is 7.21. The second-order valence-electron chi connectivity index (χ2n) is 3.98. The number of hydrogen-bond donors (Lipinski definition) is 2. The molecule has 1 rings (SSSR count). The van der Waals surface area contributed by atoms with Crippen LogP contribution in [-0.4, -0.2) is 38.2 Å². The van der Waals surface area contributed by atoms with Crippen LogP contribution in [0.2, 0.25) is 0 Å². The standard InChI is InChI=1S/C12H15NO5S/c1-8-9(12(15)16)4-3-5-10(8)19(17,18)7-6-11(14)13-2/h3-5H,6-7H2,1-2H3,(H,13,14)(H,15,16). The first-order chi connectivity index (χ1) is 8.79. The number of carbonyl (C=O) groups is 2. The highest BCUT2D eigenvalue weighted by molar-refractivity contribution is 7.91. The highest BCUT2D eigenvalue weighted by atomic mass is 32.2. The minimum atomic E-state index is -3.68. The van der Waals surface area contributed by atoms with Crippen molar-refractivity contribution >= 4 is 21.7 Å². The molecule has 104 valence electrons. The Morgan fingerprint density at radius 2 is 1.95 bits per heavy atom. The zero-order valence-corrected chi connectivity index (χ0v) is 11.5. The molecule has 0 aliphatic carbocycles. The number of carboxylic acid groups (broad SMARTS) is 1. The minimum Gasteiger partial charge on any atom is -0.478 e. The number of carbonyl (C=O) groups excluding carboxylic acids is 1. The second-order valence-corrected chi connectivity index (χ2v) is 6.05. The zero-order chi connectivity index (χ0) is 14.6. The summed E-state index contributed by atoms with van der Waals surface area (Å²) in [4.78, 5) is 22.0. The largest absolute Gasteiger partial charge is 0.478 e. The summed E-state index contributed by atoms with van der Waals surface area (Å²) in [5, 5.41) is 11.3. The first kappa shape index (κ1) is 15.2. The summed E-state index contributed by atoms with van der Waals surface area (Å²) in [5.74, 6) is -1.91. The summed E-state index contributed by atoms with van der Waals surface area (Å²) in [6.07, 6.45) is -0.157. The van der Waals surface area contributed by atoms with Gasteiger partial charge in [-0.25, -0.2) is 13.2 Å². The number of rotatable bonds is 5. The van der Waals surface area contributed by atoms with Crippen LogP contribution in [0.15, 0.2) is 23.1 Å². The minimum absolute atomic E-state index is 0.0451. The number of nitrogens with one attached hydrogen (secondary N) is 1. The normalized spacial score (nSPS) is 11.1. The lowest BCUT2D eigenvalue weighted by atomic mass is 10.1. The van der Waals surface area contributed by atoms with Crippen LogP contribution in [0.5, 0.6) is 0 Å². The van der Waals surface area contributed by atoms with Crippen molar-refractivity contribution in [3.8, 4) is 0 Å². The quantitative estimate of drug-likeness (QED) is 0.825. The van der Waals surface area contributed by atoms with Crippen molar-refractivity contribution < 1.29 is 23.1 Å². The van der Waals surface area contributed by atoms with Gasteiger partial charge in [-0.05, 0) is 24.6 Å². The predicted molar refractivity (Wildman–Crippen MR) is 68.9 cm³/mol. The van der Waals surface area contributed by atoms with Crippen LogP contribution in [0.25, 0.3) is 0 Å². The summed E-state index contributed by atoms with van der Waals surface area (Å²) >= 11 is 0. The van der Waals surface area contributed by atoms with E-state index in [9.17, 15) is 18.0 Å². The van der Waals surface area contributed by atoms with E-state index in [-0.39, 0.29) is 34.1 Å². The van der Waals surface area contributed by atoms with Gasteiger partial charge in [-0.2, -0.15) is 0 Å². The van der Waals surface area contributed by atoms with E-state index in [0.29, 0.717) is 0 Å². The fourth-order valence-corrected chi connectivity index (χ4v) is 3.18. The van der Waals surface area contributed by atoms with Crippen molar-refractivity contribution in [2.75, 3.05) is 12.8 Å². The molecule has 0 fully saturated rings. The lowest BCUT2D eigenvalue weighted by Gasteiger charge is -2.09. The van der Waals surface area contributed by atoms with Gasteiger partial charge in [-0.1, -0.05) is 6.07 Å². The van der Waals surface area contributed by atoms with Gasteiger partial charge >= 0.3 is 5.97 Å². The van der Waals surface area contributed by atoms with Gasteiger partial charge in [0.25, 0.3) is 0 Å². The molecule has 0 saturated heterocycles. The van der Waals surface area contributed by atoms with Gasteiger partial charge in [0.15, 0.2) is 9.84 Å². The Morgan fingerprint density at radius 3 is 2.47 bits per heavy atom. The maximum Gasteiger partial charge on any atom is 0.335 e. The number of hydrogen-bond acceptors (Lipinski definition) is 4. The SMILES string of the molecule is CNC(=O)CCS(=O)(=O)c1cccc(C(=O)O)c1C. The van der Waals surface area contributed by atoms with Gasteiger partial charge in [0.2, 0.25) is 5.91 Å². The molecule has 0 aromatic heterocycles. The third-order valence-electron chi connectivity index (χ3n) is 2.73. The smallest absolute Gasteiger partial charge is 0.335 e. The Morgan fingerprint density at radius 1 is 1.32 bits per heavy atom. The fraction of sp³-hybridized carbons (Fsp3) is 0.333. The van der Waals surface area contributed by atoms with Crippen LogP contribution in [0.1, 0.15) is 22.3 Å². The van der Waals surface area contributed by atoms with Gasteiger partial charge < -0.3 is 10.4 Å². The Balaban J connectivity index is 3.12. The Hall–Kier alpha value is -1.89. The summed E-state index contributed by atoms with van der Waals surface area (Å²) < 4.78 is 24.2. The molecule has 0 aliphatic heterocycles. The zero-order valence-electron chi connectivity index (χ0n) is 10.6. The van der Waals surface area contributed by atoms with Crippen LogP contribution in [0, 0.1) is 6.92 Å². The number of sulfone groups is 1. The highest BCUT2D eigenvalue weighted by Gasteiger charge is 2.21. The topological polar surface area (TPSA) is 101 Å². The molecular weight excluding hydrogens is 270 g/mol. The number of aromatic carboxylic acids is 1. The van der Waals surface area contributed by atoms with Gasteiger partial charge in [0.1, 0.15) is 0 Å². The molecule has 0 saturated carbocycles. The molecule has 0 bridgehead atoms. The third-order valence-corrected chi connectivity index (χ3v) is 4.58. The van der Waals surface area contributed by atoms with Crippen LogP contribution in [-0.2, 0) is 14.6 Å². The van der Waals surface area contributed by atoms with E-state index in [1.807, 2.05) is 0 Å². The molecule has 1 amide bonds. The molecule has 0 spiro atoms. The van der Waals surface area contributed by atoms with Crippen molar-refractivity contribution in [2.45, 2.75) is 18.2 Å². The van der Waals surface area contributed by atoms with E-state index in [4.69, 9.17) is 5.11 Å². The fourth-order valence-electron chi connectivity index (χ4n) is 1.65. The number of benzene rings is 1. The molecule has 0 unspecified atom stereocenters. The van der Waals surface area contributed by atoms with Crippen molar-refractivity contribution in [3.05, 3.63) is 29.3 Å². The molecule has 6 nitrogen and oxygen atoms in total. The molecular formula is C12H15NO5S. The van der Waals surface area contributed by atoms with E-state index in [1.54, 1.807) is 0 Å². The summed E-state index contributed by atoms with van der Waals surface area (Å²) in [6.45, 7) is 1.44. The maximum absolute atomic E-state index is 12.1. The Labute approximate surface area is 111 Å². The van der Waals surface area contributed by atoms with Gasteiger partial charge in [-0.15, -0.1) is 0 Å². The lowest BCUT2D eigenvalue weighted by molar-refractivity contribution is -0.120. The maximum atomic E-state index is 12.1. The van der Waals surface area contributed by atoms with E-state index in [0.717, 1.165) is 0 Å². The molecule has 0 heterocycles. The van der Waals surface area contributed by atoms with Crippen molar-refractivity contribution in [3.63, 3.8) is 0 Å². The van der Waals surface area contributed by atoms with E-state index in [2.05, 4.69) is 5.32 Å². The Kier molecular flexibility index (Phi) is 4.66. The molecule has 0 aliphatic rings. The molecule has 0 radical (unpaired) electrons. The highest BCUT2D eigenvalue weighted by Crippen LogP contribution is 2.20. The summed E-state index contributed by atoms with van der Waals surface area (Å²) in [5.41, 5.74) is 0.132. The van der Waals surface area contributed by atoms with Crippen LogP contribution in [0.3, 0.4) is 0 Å². The molecule has 0 atom stereocenters. The van der Waals surface area contributed by atoms with Crippen LogP contribution < -0.4 is 5.32 Å². The van der Waals surface area contributed by atoms with Gasteiger partial charge in [0.05, 0.1) is 16.2 Å². The second kappa shape index (κ2) is 5.83. The monoisotopic (exact) mass is 285 g/mol.